The summed E-state index contributed by atoms with van der Waals surface area (Å²) < 4.78 is 18.7. The molecule has 0 spiro atoms. The molecule has 0 saturated heterocycles. The second-order valence-corrected chi connectivity index (χ2v) is 6.08. The van der Waals surface area contributed by atoms with Gasteiger partial charge in [0.1, 0.15) is 11.6 Å². The number of carbonyl (C=O) groups is 2. The summed E-state index contributed by atoms with van der Waals surface area (Å²) in [5.41, 5.74) is 1.09. The van der Waals surface area contributed by atoms with Crippen LogP contribution in [0.4, 0.5) is 4.39 Å². The molecule has 3 rings (SSSR count). The van der Waals surface area contributed by atoms with Crippen molar-refractivity contribution in [3.8, 4) is 5.75 Å². The Hall–Kier alpha value is -3.24. The third-order valence-corrected chi connectivity index (χ3v) is 3.95. The van der Waals surface area contributed by atoms with Gasteiger partial charge in [0.05, 0.1) is 5.56 Å². The lowest BCUT2D eigenvalue weighted by Crippen LogP contribution is -2.10. The number of ether oxygens (including phenoxy) is 1. The molecule has 0 heterocycles. The van der Waals surface area contributed by atoms with Crippen molar-refractivity contribution in [1.29, 1.82) is 0 Å². The Balaban J connectivity index is 1.67. The lowest BCUT2D eigenvalue weighted by atomic mass is 10.1. The minimum Gasteiger partial charge on any atom is -0.423 e. The molecule has 0 unspecified atom stereocenters. The number of esters is 1. The quantitative estimate of drug-likeness (QED) is 0.250. The van der Waals surface area contributed by atoms with Crippen LogP contribution in [0.2, 0.25) is 5.02 Å². The van der Waals surface area contributed by atoms with Crippen molar-refractivity contribution in [1.82, 2.24) is 0 Å². The van der Waals surface area contributed by atoms with Crippen molar-refractivity contribution in [2.45, 2.75) is 0 Å². The number of halogens is 2. The van der Waals surface area contributed by atoms with E-state index in [1.807, 2.05) is 6.07 Å². The number of hydrogen-bond donors (Lipinski definition) is 0. The van der Waals surface area contributed by atoms with Gasteiger partial charge in [-0.1, -0.05) is 41.9 Å². The molecule has 0 aliphatic heterocycles. The Morgan fingerprint density at radius 2 is 1.67 bits per heavy atom. The first-order valence-electron chi connectivity index (χ1n) is 8.08. The zero-order chi connectivity index (χ0) is 19.2. The molecule has 27 heavy (non-hydrogen) atoms. The highest BCUT2D eigenvalue weighted by molar-refractivity contribution is 6.30. The molecule has 3 aromatic carbocycles. The SMILES string of the molecule is O=C(/C=C/c1cccc(Cl)c1)c1ccc(OC(=O)c2ccccc2F)cc1. The van der Waals surface area contributed by atoms with E-state index in [4.69, 9.17) is 16.3 Å². The van der Waals surface area contributed by atoms with Crippen molar-refractivity contribution in [3.05, 3.63) is 106 Å². The maximum Gasteiger partial charge on any atom is 0.346 e. The standard InChI is InChI=1S/C22H14ClFO3/c23-17-5-3-4-15(14-17)8-13-21(25)16-9-11-18(12-10-16)27-22(26)19-6-1-2-7-20(19)24/h1-14H/b13-8+. The van der Waals surface area contributed by atoms with E-state index in [1.54, 1.807) is 30.3 Å². The van der Waals surface area contributed by atoms with Gasteiger partial charge < -0.3 is 4.74 Å². The summed E-state index contributed by atoms with van der Waals surface area (Å²) in [6.07, 6.45) is 3.10. The minimum absolute atomic E-state index is 0.151. The van der Waals surface area contributed by atoms with Gasteiger partial charge in [-0.25, -0.2) is 9.18 Å². The van der Waals surface area contributed by atoms with Crippen molar-refractivity contribution in [2.75, 3.05) is 0 Å². The maximum atomic E-state index is 13.6. The molecule has 134 valence electrons. The Labute approximate surface area is 160 Å². The second kappa shape index (κ2) is 8.43. The van der Waals surface area contributed by atoms with E-state index in [-0.39, 0.29) is 17.1 Å². The van der Waals surface area contributed by atoms with E-state index >= 15 is 0 Å². The lowest BCUT2D eigenvalue weighted by Gasteiger charge is -2.05. The first-order chi connectivity index (χ1) is 13.0. The Morgan fingerprint density at radius 1 is 0.926 bits per heavy atom. The number of ketones is 1. The molecule has 0 aliphatic rings. The van der Waals surface area contributed by atoms with Gasteiger partial charge in [0.25, 0.3) is 0 Å². The lowest BCUT2D eigenvalue weighted by molar-refractivity contribution is 0.0730. The molecule has 3 aromatic rings. The first kappa shape index (κ1) is 18.5. The van der Waals surface area contributed by atoms with E-state index in [0.29, 0.717) is 10.6 Å². The van der Waals surface area contributed by atoms with Crippen LogP contribution in [0.3, 0.4) is 0 Å². The van der Waals surface area contributed by atoms with Gasteiger partial charge >= 0.3 is 5.97 Å². The molecule has 0 saturated carbocycles. The van der Waals surface area contributed by atoms with Crippen LogP contribution in [0.25, 0.3) is 6.08 Å². The molecule has 0 amide bonds. The van der Waals surface area contributed by atoms with Crippen molar-refractivity contribution >= 4 is 29.4 Å². The molecule has 0 atom stereocenters. The topological polar surface area (TPSA) is 43.4 Å². The van der Waals surface area contributed by atoms with Gasteiger partial charge in [-0.05, 0) is 60.2 Å². The summed E-state index contributed by atoms with van der Waals surface area (Å²) in [7, 11) is 0. The average Bonchev–Trinajstić information content (AvgIpc) is 2.67. The number of benzene rings is 3. The first-order valence-corrected chi connectivity index (χ1v) is 8.45. The predicted molar refractivity (Wildman–Crippen MR) is 103 cm³/mol. The highest BCUT2D eigenvalue weighted by Crippen LogP contribution is 2.17. The molecule has 0 fully saturated rings. The monoisotopic (exact) mass is 380 g/mol. The minimum atomic E-state index is -0.798. The normalized spacial score (nSPS) is 10.7. The number of allylic oxidation sites excluding steroid dienone is 1. The molecule has 3 nitrogen and oxygen atoms in total. The Morgan fingerprint density at radius 3 is 2.37 bits per heavy atom. The molecular weight excluding hydrogens is 367 g/mol. The van der Waals surface area contributed by atoms with E-state index in [0.717, 1.165) is 5.56 Å². The molecule has 0 radical (unpaired) electrons. The van der Waals surface area contributed by atoms with E-state index < -0.39 is 11.8 Å². The fourth-order valence-electron chi connectivity index (χ4n) is 2.35. The van der Waals surface area contributed by atoms with Gasteiger partial charge in [-0.2, -0.15) is 0 Å². The summed E-state index contributed by atoms with van der Waals surface area (Å²) in [6, 6.07) is 18.7. The van der Waals surface area contributed by atoms with Gasteiger partial charge in [0, 0.05) is 10.6 Å². The van der Waals surface area contributed by atoms with Crippen LogP contribution in [0.15, 0.2) is 78.9 Å². The van der Waals surface area contributed by atoms with Crippen LogP contribution in [-0.2, 0) is 0 Å². The van der Waals surface area contributed by atoms with Crippen LogP contribution in [0.5, 0.6) is 5.75 Å². The summed E-state index contributed by atoms with van der Waals surface area (Å²) in [4.78, 5) is 24.2. The van der Waals surface area contributed by atoms with Crippen molar-refractivity contribution in [3.63, 3.8) is 0 Å². The van der Waals surface area contributed by atoms with Crippen molar-refractivity contribution in [2.24, 2.45) is 0 Å². The maximum absolute atomic E-state index is 13.6. The fourth-order valence-corrected chi connectivity index (χ4v) is 2.55. The smallest absolute Gasteiger partial charge is 0.346 e. The summed E-state index contributed by atoms with van der Waals surface area (Å²) >= 11 is 5.91. The van der Waals surface area contributed by atoms with E-state index in [9.17, 15) is 14.0 Å². The summed E-state index contributed by atoms with van der Waals surface area (Å²) in [5, 5.41) is 0.589. The van der Waals surface area contributed by atoms with Gasteiger partial charge in [0.15, 0.2) is 5.78 Å². The fraction of sp³-hybridized carbons (Fsp3) is 0. The number of rotatable bonds is 5. The van der Waals surface area contributed by atoms with E-state index in [1.165, 1.54) is 48.5 Å². The molecule has 0 aromatic heterocycles. The Kier molecular flexibility index (Phi) is 5.79. The van der Waals surface area contributed by atoms with Crippen LogP contribution >= 0.6 is 11.6 Å². The zero-order valence-corrected chi connectivity index (χ0v) is 14.8. The third kappa shape index (κ3) is 4.90. The predicted octanol–water partition coefficient (Wildman–Crippen LogP) is 5.59. The molecule has 5 heteroatoms. The molecular formula is C22H14ClFO3. The largest absolute Gasteiger partial charge is 0.423 e. The number of carbonyl (C=O) groups excluding carboxylic acids is 2. The number of hydrogen-bond acceptors (Lipinski definition) is 3. The molecule has 0 aliphatic carbocycles. The van der Waals surface area contributed by atoms with Crippen LogP contribution in [-0.4, -0.2) is 11.8 Å². The highest BCUT2D eigenvalue weighted by atomic mass is 35.5. The van der Waals surface area contributed by atoms with Gasteiger partial charge in [-0.15, -0.1) is 0 Å². The second-order valence-electron chi connectivity index (χ2n) is 5.65. The molecule has 0 bridgehead atoms. The summed E-state index contributed by atoms with van der Waals surface area (Å²) in [6.45, 7) is 0. The third-order valence-electron chi connectivity index (χ3n) is 3.72. The van der Waals surface area contributed by atoms with Crippen molar-refractivity contribution < 1.29 is 18.7 Å². The van der Waals surface area contributed by atoms with E-state index in [2.05, 4.69) is 0 Å². The van der Waals surface area contributed by atoms with Gasteiger partial charge in [-0.3, -0.25) is 4.79 Å². The van der Waals surface area contributed by atoms with Crippen LogP contribution in [0, 0.1) is 5.82 Å². The molecule has 0 N–H and O–H groups in total. The highest BCUT2D eigenvalue weighted by Gasteiger charge is 2.13. The summed E-state index contributed by atoms with van der Waals surface area (Å²) in [5.74, 6) is -1.44. The zero-order valence-electron chi connectivity index (χ0n) is 14.1. The van der Waals surface area contributed by atoms with Crippen LogP contribution < -0.4 is 4.74 Å². The Bertz CT molecular complexity index is 1010. The van der Waals surface area contributed by atoms with Crippen LogP contribution in [0.1, 0.15) is 26.3 Å². The average molecular weight is 381 g/mol. The van der Waals surface area contributed by atoms with Gasteiger partial charge in [0.2, 0.25) is 0 Å².